The van der Waals surface area contributed by atoms with E-state index in [0.29, 0.717) is 11.4 Å². The SMILES string of the molecule is Nc1nc(=O)c2nc(CNc3ccc(C(=O)N[C@@H](CCC(=O)OC(=O)[C@H](O)[C@@H](O)[C@H](O)[C@H](O)CO)C(=O)OC(=O)[C@H](O)[C@@H](O)[C@H](O)[C@H](O)CO)cc3)cnc2[nH]1. The van der Waals surface area contributed by atoms with Gasteiger partial charge in [-0.2, -0.15) is 4.98 Å². The molecule has 0 fully saturated rings. The lowest BCUT2D eigenvalue weighted by Gasteiger charge is -2.25. The molecule has 25 heteroatoms. The monoisotopic (exact) mass is 797 g/mol. The Bertz CT molecular complexity index is 1910. The van der Waals surface area contributed by atoms with Crippen molar-refractivity contribution in [3.05, 3.63) is 52.1 Å². The molecule has 306 valence electrons. The van der Waals surface area contributed by atoms with E-state index in [9.17, 15) is 69.6 Å². The zero-order chi connectivity index (χ0) is 41.9. The molecule has 0 spiro atoms. The number of aliphatic hydroxyl groups excluding tert-OH is 10. The zero-order valence-electron chi connectivity index (χ0n) is 28.8. The molecule has 0 saturated heterocycles. The molecule has 15 N–H and O–H groups in total. The molecule has 1 amide bonds. The lowest BCUT2D eigenvalue weighted by molar-refractivity contribution is -0.177. The number of esters is 4. The van der Waals surface area contributed by atoms with Crippen LogP contribution in [0.4, 0.5) is 11.6 Å². The van der Waals surface area contributed by atoms with E-state index in [1.54, 1.807) is 0 Å². The van der Waals surface area contributed by atoms with Crippen molar-refractivity contribution < 1.29 is 84.5 Å². The number of anilines is 2. The fourth-order valence-corrected chi connectivity index (χ4v) is 4.53. The number of aromatic nitrogens is 4. The number of hydrogen-bond donors (Lipinski definition) is 14. The van der Waals surface area contributed by atoms with Crippen LogP contribution in [-0.2, 0) is 35.2 Å². The summed E-state index contributed by atoms with van der Waals surface area (Å²) in [6, 6.07) is 3.41. The van der Waals surface area contributed by atoms with Gasteiger partial charge in [0.1, 0.15) is 42.7 Å². The summed E-state index contributed by atoms with van der Waals surface area (Å²) < 4.78 is 8.86. The van der Waals surface area contributed by atoms with Crippen molar-refractivity contribution in [2.45, 2.75) is 74.3 Å². The summed E-state index contributed by atoms with van der Waals surface area (Å²) in [5.74, 6) is -8.04. The Kier molecular flexibility index (Phi) is 16.3. The van der Waals surface area contributed by atoms with Gasteiger partial charge >= 0.3 is 29.4 Å². The largest absolute Gasteiger partial charge is 0.394 e. The minimum atomic E-state index is -2.68. The number of aromatic amines is 1. The Morgan fingerprint density at radius 1 is 0.768 bits per heavy atom. The quantitative estimate of drug-likeness (QED) is 0.0396. The van der Waals surface area contributed by atoms with Gasteiger partial charge in [0, 0.05) is 17.7 Å². The van der Waals surface area contributed by atoms with Gasteiger partial charge in [0.2, 0.25) is 5.95 Å². The number of benzene rings is 1. The number of nitrogens with one attached hydrogen (secondary N) is 3. The number of aliphatic hydroxyl groups is 10. The summed E-state index contributed by atoms with van der Waals surface area (Å²) in [6.07, 6.45) is -19.2. The average Bonchev–Trinajstić information content (AvgIpc) is 3.18. The second-order valence-corrected chi connectivity index (χ2v) is 11.9. The number of nitrogens with two attached hydrogens (primary N) is 1. The van der Waals surface area contributed by atoms with E-state index in [1.165, 1.54) is 30.5 Å². The van der Waals surface area contributed by atoms with Gasteiger partial charge in [-0.25, -0.2) is 24.4 Å². The lowest BCUT2D eigenvalue weighted by atomic mass is 10.0. The van der Waals surface area contributed by atoms with Crippen LogP contribution in [0.25, 0.3) is 11.2 Å². The number of nitrogen functional groups attached to an aromatic ring is 1. The molecule has 0 aliphatic heterocycles. The highest BCUT2D eigenvalue weighted by molar-refractivity contribution is 5.99. The first-order chi connectivity index (χ1) is 26.4. The third-order valence-electron chi connectivity index (χ3n) is 7.75. The Hall–Kier alpha value is -5.61. The van der Waals surface area contributed by atoms with Gasteiger partial charge in [0.05, 0.1) is 31.6 Å². The molecule has 2 heterocycles. The smallest absolute Gasteiger partial charge is 0.345 e. The Balaban J connectivity index is 1.71. The van der Waals surface area contributed by atoms with Crippen LogP contribution in [-0.4, -0.2) is 169 Å². The fraction of sp³-hybridized carbons (Fsp3) is 0.452. The normalized spacial score (nSPS) is 16.2. The van der Waals surface area contributed by atoms with Crippen LogP contribution in [0.2, 0.25) is 0 Å². The van der Waals surface area contributed by atoms with E-state index >= 15 is 0 Å². The molecular weight excluding hydrogens is 758 g/mol. The predicted octanol–water partition coefficient (Wildman–Crippen LogP) is -7.20. The van der Waals surface area contributed by atoms with Crippen molar-refractivity contribution in [1.82, 2.24) is 25.3 Å². The molecule has 0 aliphatic rings. The van der Waals surface area contributed by atoms with Crippen molar-refractivity contribution in [2.75, 3.05) is 24.3 Å². The molecular formula is C31H39N7O18. The van der Waals surface area contributed by atoms with Gasteiger partial charge in [0.15, 0.2) is 23.4 Å². The first-order valence-corrected chi connectivity index (χ1v) is 16.2. The molecule has 0 bridgehead atoms. The van der Waals surface area contributed by atoms with Crippen LogP contribution < -0.4 is 21.9 Å². The second-order valence-electron chi connectivity index (χ2n) is 11.9. The topological polar surface area (TPSA) is 428 Å². The molecule has 2 aromatic heterocycles. The zero-order valence-corrected chi connectivity index (χ0v) is 28.8. The van der Waals surface area contributed by atoms with Crippen molar-refractivity contribution >= 4 is 52.6 Å². The average molecular weight is 798 g/mol. The highest BCUT2D eigenvalue weighted by atomic mass is 16.6. The van der Waals surface area contributed by atoms with Gasteiger partial charge in [0.25, 0.3) is 5.91 Å². The molecule has 3 aromatic rings. The molecule has 9 atom stereocenters. The first kappa shape index (κ1) is 44.8. The van der Waals surface area contributed by atoms with E-state index in [0.717, 1.165) is 0 Å². The minimum absolute atomic E-state index is 0.0521. The van der Waals surface area contributed by atoms with E-state index in [4.69, 9.17) is 15.9 Å². The molecule has 0 saturated carbocycles. The Labute approximate surface area is 313 Å². The van der Waals surface area contributed by atoms with Crippen molar-refractivity contribution in [3.63, 3.8) is 0 Å². The maximum Gasteiger partial charge on any atom is 0.345 e. The van der Waals surface area contributed by atoms with E-state index < -0.39 is 116 Å². The van der Waals surface area contributed by atoms with Gasteiger partial charge in [-0.1, -0.05) is 0 Å². The van der Waals surface area contributed by atoms with Crippen LogP contribution in [0, 0.1) is 0 Å². The molecule has 56 heavy (non-hydrogen) atoms. The number of fused-ring (bicyclic) bond motifs is 1. The number of ether oxygens (including phenoxy) is 2. The minimum Gasteiger partial charge on any atom is -0.394 e. The maximum atomic E-state index is 13.1. The molecule has 3 rings (SSSR count). The summed E-state index contributed by atoms with van der Waals surface area (Å²) in [5, 5.41) is 101. The van der Waals surface area contributed by atoms with Crippen molar-refractivity contribution in [3.8, 4) is 0 Å². The Morgan fingerprint density at radius 3 is 1.88 bits per heavy atom. The predicted molar refractivity (Wildman–Crippen MR) is 181 cm³/mol. The number of nitrogens with zero attached hydrogens (tertiary/aromatic N) is 3. The van der Waals surface area contributed by atoms with Crippen LogP contribution in [0.3, 0.4) is 0 Å². The molecule has 0 radical (unpaired) electrons. The van der Waals surface area contributed by atoms with Gasteiger partial charge < -0.3 is 81.9 Å². The summed E-state index contributed by atoms with van der Waals surface area (Å²) in [6.45, 7) is -2.12. The molecule has 25 nitrogen and oxygen atoms in total. The van der Waals surface area contributed by atoms with E-state index in [1.807, 2.05) is 0 Å². The second kappa shape index (κ2) is 20.3. The number of hydrogen-bond acceptors (Lipinski definition) is 23. The summed E-state index contributed by atoms with van der Waals surface area (Å²) in [7, 11) is 0. The van der Waals surface area contributed by atoms with Crippen LogP contribution in [0.5, 0.6) is 0 Å². The third-order valence-corrected chi connectivity index (χ3v) is 7.75. The number of carbonyl (C=O) groups is 5. The van der Waals surface area contributed by atoms with Crippen molar-refractivity contribution in [2.24, 2.45) is 0 Å². The third kappa shape index (κ3) is 11.9. The standard InChI is InChI=1S/C31H39N7O18/c32-31-37-25-18(27(51)38-31)35-13(8-34-25)7-33-12-3-1-11(2-4-12)26(50)36-14(28(52)56-30(54)24(49)22(47)20(45)16(42)10-40)5-6-17(43)55-29(53)23(48)21(46)19(44)15(41)9-39/h1-4,8,14-16,19-24,33,39-42,44-49H,5-7,9-10H2,(H,36,50)(H3,32,34,37,38,51)/t14-,15+,16+,19+,20+,21-,22-,23+,24+/m0/s1. The number of amides is 1. The van der Waals surface area contributed by atoms with E-state index in [2.05, 4.69) is 40.0 Å². The van der Waals surface area contributed by atoms with Gasteiger partial charge in [-0.15, -0.1) is 0 Å². The number of H-pyrrole nitrogens is 1. The highest BCUT2D eigenvalue weighted by Gasteiger charge is 2.38. The number of carbonyl (C=O) groups excluding carboxylic acids is 5. The maximum absolute atomic E-state index is 13.1. The van der Waals surface area contributed by atoms with Gasteiger partial charge in [-0.05, 0) is 30.7 Å². The Morgan fingerprint density at radius 2 is 1.32 bits per heavy atom. The summed E-state index contributed by atoms with van der Waals surface area (Å²) >= 11 is 0. The summed E-state index contributed by atoms with van der Waals surface area (Å²) in [4.78, 5) is 89.6. The number of rotatable bonds is 19. The molecule has 0 unspecified atom stereocenters. The summed E-state index contributed by atoms with van der Waals surface area (Å²) in [5.41, 5.74) is 5.50. The van der Waals surface area contributed by atoms with Crippen LogP contribution >= 0.6 is 0 Å². The van der Waals surface area contributed by atoms with E-state index in [-0.39, 0.29) is 29.2 Å². The van der Waals surface area contributed by atoms with Crippen LogP contribution in [0.15, 0.2) is 35.3 Å². The highest BCUT2D eigenvalue weighted by Crippen LogP contribution is 2.14. The fourth-order valence-electron chi connectivity index (χ4n) is 4.53. The first-order valence-electron chi connectivity index (χ1n) is 16.2. The molecule has 1 aromatic carbocycles. The van der Waals surface area contributed by atoms with Crippen LogP contribution in [0.1, 0.15) is 28.9 Å². The van der Waals surface area contributed by atoms with Gasteiger partial charge in [-0.3, -0.25) is 14.4 Å². The lowest BCUT2D eigenvalue weighted by Crippen LogP contribution is -2.50. The molecule has 0 aliphatic carbocycles. The van der Waals surface area contributed by atoms with Crippen molar-refractivity contribution in [1.29, 1.82) is 0 Å².